The third-order valence-electron chi connectivity index (χ3n) is 3.80. The van der Waals surface area contributed by atoms with Gasteiger partial charge in [-0.3, -0.25) is 14.5 Å². The van der Waals surface area contributed by atoms with Gasteiger partial charge in [0, 0.05) is 30.4 Å². The lowest BCUT2D eigenvalue weighted by molar-refractivity contribution is 0.607. The van der Waals surface area contributed by atoms with Crippen molar-refractivity contribution in [2.75, 3.05) is 11.9 Å². The molecule has 3 aromatic rings. The molecule has 0 fully saturated rings. The molecular formula is C17H20N6O. The summed E-state index contributed by atoms with van der Waals surface area (Å²) < 4.78 is 1.79. The molecule has 24 heavy (non-hydrogen) atoms. The Balaban J connectivity index is 1.59. The topological polar surface area (TPSA) is 88.5 Å². The smallest absolute Gasteiger partial charge is 0.252 e. The van der Waals surface area contributed by atoms with Crippen LogP contribution in [0, 0.1) is 6.92 Å². The highest BCUT2D eigenvalue weighted by atomic mass is 16.1. The number of rotatable bonds is 6. The Bertz CT molecular complexity index is 855. The SMILES string of the molecule is Cc1cc(=O)[nH]c(NCCn2cc(C(C)c3ccccc3)nn2)n1. The van der Waals surface area contributed by atoms with E-state index in [2.05, 4.69) is 44.7 Å². The highest BCUT2D eigenvalue weighted by molar-refractivity contribution is 5.26. The van der Waals surface area contributed by atoms with Gasteiger partial charge >= 0.3 is 0 Å². The van der Waals surface area contributed by atoms with Crippen LogP contribution in [0.1, 0.15) is 29.8 Å². The fourth-order valence-corrected chi connectivity index (χ4v) is 2.49. The number of anilines is 1. The average molecular weight is 324 g/mol. The van der Waals surface area contributed by atoms with Crippen LogP contribution in [0.4, 0.5) is 5.95 Å². The molecule has 0 bridgehead atoms. The summed E-state index contributed by atoms with van der Waals surface area (Å²) in [5.74, 6) is 0.667. The number of nitrogens with zero attached hydrogens (tertiary/aromatic N) is 4. The normalized spacial score (nSPS) is 12.1. The minimum absolute atomic E-state index is 0.162. The lowest BCUT2D eigenvalue weighted by Gasteiger charge is -2.07. The number of hydrogen-bond acceptors (Lipinski definition) is 5. The molecule has 0 spiro atoms. The van der Waals surface area contributed by atoms with Gasteiger partial charge in [0.05, 0.1) is 12.2 Å². The Hall–Kier alpha value is -2.96. The van der Waals surface area contributed by atoms with E-state index in [-0.39, 0.29) is 11.5 Å². The van der Waals surface area contributed by atoms with E-state index in [1.54, 1.807) is 11.6 Å². The second-order valence-electron chi connectivity index (χ2n) is 5.70. The number of benzene rings is 1. The van der Waals surface area contributed by atoms with E-state index in [0.717, 1.165) is 5.69 Å². The molecule has 0 aliphatic heterocycles. The van der Waals surface area contributed by atoms with Crippen LogP contribution in [0.2, 0.25) is 0 Å². The van der Waals surface area contributed by atoms with Crippen LogP contribution in [0.15, 0.2) is 47.4 Å². The summed E-state index contributed by atoms with van der Waals surface area (Å²) in [6, 6.07) is 11.7. The predicted octanol–water partition coefficient (Wildman–Crippen LogP) is 1.93. The van der Waals surface area contributed by atoms with Crippen LogP contribution in [0.3, 0.4) is 0 Å². The van der Waals surface area contributed by atoms with Gasteiger partial charge in [-0.1, -0.05) is 42.5 Å². The fraction of sp³-hybridized carbons (Fsp3) is 0.294. The Labute approximate surface area is 139 Å². The van der Waals surface area contributed by atoms with E-state index in [1.165, 1.54) is 11.6 Å². The molecule has 0 radical (unpaired) electrons. The zero-order chi connectivity index (χ0) is 16.9. The van der Waals surface area contributed by atoms with Crippen LogP contribution >= 0.6 is 0 Å². The highest BCUT2D eigenvalue weighted by Crippen LogP contribution is 2.21. The largest absolute Gasteiger partial charge is 0.354 e. The number of aromatic nitrogens is 5. The zero-order valence-electron chi connectivity index (χ0n) is 13.7. The summed E-state index contributed by atoms with van der Waals surface area (Å²) in [4.78, 5) is 18.3. The van der Waals surface area contributed by atoms with Crippen molar-refractivity contribution in [3.8, 4) is 0 Å². The Morgan fingerprint density at radius 3 is 2.83 bits per heavy atom. The Morgan fingerprint density at radius 1 is 1.29 bits per heavy atom. The fourth-order valence-electron chi connectivity index (χ4n) is 2.49. The summed E-state index contributed by atoms with van der Waals surface area (Å²) in [5, 5.41) is 11.5. The molecule has 7 nitrogen and oxygen atoms in total. The van der Waals surface area contributed by atoms with Gasteiger partial charge in [0.2, 0.25) is 5.95 Å². The summed E-state index contributed by atoms with van der Waals surface area (Å²) >= 11 is 0. The number of H-pyrrole nitrogens is 1. The summed E-state index contributed by atoms with van der Waals surface area (Å²) in [5.41, 5.74) is 2.67. The highest BCUT2D eigenvalue weighted by Gasteiger charge is 2.12. The molecule has 1 atom stereocenters. The number of aryl methyl sites for hydroxylation is 1. The summed E-state index contributed by atoms with van der Waals surface area (Å²) in [6.07, 6.45) is 1.95. The molecule has 124 valence electrons. The molecule has 2 heterocycles. The standard InChI is InChI=1S/C17H20N6O/c1-12-10-16(24)20-17(19-12)18-8-9-23-11-15(21-22-23)13(2)14-6-4-3-5-7-14/h3-7,10-11,13H,8-9H2,1-2H3,(H2,18,19,20,24). The first-order valence-corrected chi connectivity index (χ1v) is 7.88. The van der Waals surface area contributed by atoms with Gasteiger partial charge in [0.25, 0.3) is 5.56 Å². The Kier molecular flexibility index (Phi) is 4.69. The van der Waals surface area contributed by atoms with Crippen molar-refractivity contribution in [1.82, 2.24) is 25.0 Å². The second kappa shape index (κ2) is 7.08. The van der Waals surface area contributed by atoms with E-state index in [1.807, 2.05) is 24.4 Å². The monoisotopic (exact) mass is 324 g/mol. The van der Waals surface area contributed by atoms with Crippen LogP contribution in [-0.4, -0.2) is 31.5 Å². The van der Waals surface area contributed by atoms with Crippen molar-refractivity contribution < 1.29 is 0 Å². The molecule has 0 aliphatic rings. The van der Waals surface area contributed by atoms with E-state index in [0.29, 0.717) is 24.7 Å². The van der Waals surface area contributed by atoms with Crippen molar-refractivity contribution in [3.05, 3.63) is 69.9 Å². The van der Waals surface area contributed by atoms with E-state index < -0.39 is 0 Å². The molecule has 7 heteroatoms. The minimum atomic E-state index is -0.162. The number of aromatic amines is 1. The van der Waals surface area contributed by atoms with E-state index in [9.17, 15) is 4.79 Å². The maximum Gasteiger partial charge on any atom is 0.252 e. The van der Waals surface area contributed by atoms with Gasteiger partial charge < -0.3 is 5.32 Å². The molecule has 3 rings (SSSR count). The van der Waals surface area contributed by atoms with Crippen molar-refractivity contribution in [1.29, 1.82) is 0 Å². The van der Waals surface area contributed by atoms with Crippen LogP contribution in [-0.2, 0) is 6.54 Å². The lowest BCUT2D eigenvalue weighted by atomic mass is 9.99. The van der Waals surface area contributed by atoms with Crippen molar-refractivity contribution in [2.24, 2.45) is 0 Å². The Morgan fingerprint density at radius 2 is 2.08 bits per heavy atom. The quantitative estimate of drug-likeness (QED) is 0.723. The molecule has 2 aromatic heterocycles. The molecular weight excluding hydrogens is 304 g/mol. The van der Waals surface area contributed by atoms with Crippen molar-refractivity contribution in [3.63, 3.8) is 0 Å². The summed E-state index contributed by atoms with van der Waals surface area (Å²) in [6.45, 7) is 5.12. The van der Waals surface area contributed by atoms with Gasteiger partial charge in [-0.25, -0.2) is 4.98 Å². The molecule has 0 saturated heterocycles. The predicted molar refractivity (Wildman–Crippen MR) is 92.1 cm³/mol. The van der Waals surface area contributed by atoms with Gasteiger partial charge in [-0.2, -0.15) is 0 Å². The van der Waals surface area contributed by atoms with Crippen LogP contribution in [0.5, 0.6) is 0 Å². The first-order valence-electron chi connectivity index (χ1n) is 7.88. The van der Waals surface area contributed by atoms with E-state index >= 15 is 0 Å². The van der Waals surface area contributed by atoms with Crippen molar-refractivity contribution in [2.45, 2.75) is 26.3 Å². The van der Waals surface area contributed by atoms with E-state index in [4.69, 9.17) is 0 Å². The number of hydrogen-bond donors (Lipinski definition) is 2. The molecule has 1 aromatic carbocycles. The molecule has 2 N–H and O–H groups in total. The van der Waals surface area contributed by atoms with Crippen molar-refractivity contribution >= 4 is 5.95 Å². The summed E-state index contributed by atoms with van der Waals surface area (Å²) in [7, 11) is 0. The average Bonchev–Trinajstić information content (AvgIpc) is 3.03. The molecule has 0 amide bonds. The van der Waals surface area contributed by atoms with Gasteiger partial charge in [0.1, 0.15) is 0 Å². The lowest BCUT2D eigenvalue weighted by Crippen LogP contribution is -2.16. The van der Waals surface area contributed by atoms with Gasteiger partial charge in [-0.05, 0) is 12.5 Å². The minimum Gasteiger partial charge on any atom is -0.354 e. The third-order valence-corrected chi connectivity index (χ3v) is 3.80. The van der Waals surface area contributed by atoms with Crippen LogP contribution in [0.25, 0.3) is 0 Å². The van der Waals surface area contributed by atoms with Gasteiger partial charge in [0.15, 0.2) is 0 Å². The first kappa shape index (κ1) is 15.9. The van der Waals surface area contributed by atoms with Crippen LogP contribution < -0.4 is 10.9 Å². The second-order valence-corrected chi connectivity index (χ2v) is 5.70. The number of nitrogens with one attached hydrogen (secondary N) is 2. The maximum atomic E-state index is 11.4. The maximum absolute atomic E-state index is 11.4. The zero-order valence-corrected chi connectivity index (χ0v) is 13.7. The first-order chi connectivity index (χ1) is 11.6. The van der Waals surface area contributed by atoms with Gasteiger partial charge in [-0.15, -0.1) is 5.10 Å². The molecule has 0 aliphatic carbocycles. The third kappa shape index (κ3) is 3.87. The molecule has 0 saturated carbocycles. The molecule has 1 unspecified atom stereocenters.